The van der Waals surface area contributed by atoms with Gasteiger partial charge in [-0.3, -0.25) is 4.57 Å². The summed E-state index contributed by atoms with van der Waals surface area (Å²) in [6.45, 7) is 0. The van der Waals surface area contributed by atoms with Gasteiger partial charge < -0.3 is 16.0 Å². The number of H-pyrrole nitrogens is 1. The lowest BCUT2D eigenvalue weighted by atomic mass is 9.92. The number of nitrogens with one attached hydrogen (secondary N) is 2. The van der Waals surface area contributed by atoms with Crippen LogP contribution in [0.5, 0.6) is 0 Å². The molecule has 1 saturated carbocycles. The van der Waals surface area contributed by atoms with Crippen LogP contribution >= 0.6 is 0 Å². The lowest BCUT2D eigenvalue weighted by Gasteiger charge is -2.26. The lowest BCUT2D eigenvalue weighted by Crippen LogP contribution is -2.33. The van der Waals surface area contributed by atoms with E-state index in [-0.39, 0.29) is 0 Å². The summed E-state index contributed by atoms with van der Waals surface area (Å²) in [6, 6.07) is 11.0. The van der Waals surface area contributed by atoms with Gasteiger partial charge in [-0.1, -0.05) is 18.2 Å². The lowest BCUT2D eigenvalue weighted by molar-refractivity contribution is 0.410. The molecule has 5 rings (SSSR count). The van der Waals surface area contributed by atoms with E-state index >= 15 is 0 Å². The molecule has 0 unspecified atom stereocenters. The fourth-order valence-electron chi connectivity index (χ4n) is 3.77. The van der Waals surface area contributed by atoms with Crippen LogP contribution in [0.1, 0.15) is 25.7 Å². The van der Waals surface area contributed by atoms with Gasteiger partial charge in [0.25, 0.3) is 0 Å². The highest BCUT2D eigenvalue weighted by Crippen LogP contribution is 2.25. The first-order chi connectivity index (χ1) is 12.8. The Hall–Kier alpha value is -2.93. The Morgan fingerprint density at radius 3 is 2.81 bits per heavy atom. The zero-order valence-corrected chi connectivity index (χ0v) is 14.4. The van der Waals surface area contributed by atoms with E-state index in [9.17, 15) is 0 Å². The molecule has 0 aliphatic heterocycles. The number of hydrogen-bond donors (Lipinski definition) is 3. The molecule has 132 valence electrons. The van der Waals surface area contributed by atoms with Crippen molar-refractivity contribution in [1.29, 1.82) is 0 Å². The van der Waals surface area contributed by atoms with Crippen molar-refractivity contribution >= 4 is 28.0 Å². The first kappa shape index (κ1) is 15.3. The number of para-hydroxylation sites is 1. The zero-order valence-electron chi connectivity index (χ0n) is 14.4. The fourth-order valence-corrected chi connectivity index (χ4v) is 3.77. The summed E-state index contributed by atoms with van der Waals surface area (Å²) in [5, 5.41) is 4.66. The fraction of sp³-hybridized carbons (Fsp3) is 0.316. The van der Waals surface area contributed by atoms with Gasteiger partial charge in [0.05, 0.1) is 11.8 Å². The molecule has 1 aliphatic rings. The van der Waals surface area contributed by atoms with Crippen LogP contribution in [0.2, 0.25) is 0 Å². The number of aromatic nitrogens is 5. The monoisotopic (exact) mass is 347 g/mol. The molecular weight excluding hydrogens is 326 g/mol. The third-order valence-electron chi connectivity index (χ3n) is 5.20. The second-order valence-electron chi connectivity index (χ2n) is 6.97. The van der Waals surface area contributed by atoms with Crippen LogP contribution in [0.25, 0.3) is 27.9 Å². The third-order valence-corrected chi connectivity index (χ3v) is 5.20. The smallest absolute Gasteiger partial charge is 0.227 e. The molecule has 0 saturated heterocycles. The Balaban J connectivity index is 1.57. The minimum absolute atomic E-state index is 0.324. The summed E-state index contributed by atoms with van der Waals surface area (Å²) >= 11 is 0. The van der Waals surface area contributed by atoms with E-state index in [2.05, 4.69) is 43.0 Å². The van der Waals surface area contributed by atoms with E-state index in [0.29, 0.717) is 23.7 Å². The van der Waals surface area contributed by atoms with Crippen LogP contribution in [-0.4, -0.2) is 36.6 Å². The number of nitrogens with zero attached hydrogens (tertiary/aromatic N) is 4. The van der Waals surface area contributed by atoms with Crippen molar-refractivity contribution < 1.29 is 0 Å². The second kappa shape index (κ2) is 6.10. The summed E-state index contributed by atoms with van der Waals surface area (Å²) in [5.74, 6) is 1.43. The minimum Gasteiger partial charge on any atom is -0.351 e. The molecule has 0 atom stereocenters. The van der Waals surface area contributed by atoms with Gasteiger partial charge in [0.15, 0.2) is 11.5 Å². The molecule has 3 aromatic heterocycles. The van der Waals surface area contributed by atoms with E-state index in [4.69, 9.17) is 10.7 Å². The number of hydrogen-bond acceptors (Lipinski definition) is 5. The number of rotatable bonds is 3. The molecule has 1 aliphatic carbocycles. The van der Waals surface area contributed by atoms with Gasteiger partial charge in [-0.2, -0.15) is 9.97 Å². The highest BCUT2D eigenvalue weighted by atomic mass is 15.2. The molecule has 1 aromatic carbocycles. The van der Waals surface area contributed by atoms with Crippen molar-refractivity contribution in [3.63, 3.8) is 0 Å². The first-order valence-corrected chi connectivity index (χ1v) is 9.07. The average molecular weight is 347 g/mol. The SMILES string of the molecule is NC1CCC(Nc2nc(-n3ccc4ccccc43)c3[nH]cnc3n2)CC1. The van der Waals surface area contributed by atoms with Crippen LogP contribution in [-0.2, 0) is 0 Å². The van der Waals surface area contributed by atoms with Crippen molar-refractivity contribution in [3.8, 4) is 5.82 Å². The number of nitrogens with two attached hydrogens (primary N) is 1. The molecule has 7 nitrogen and oxygen atoms in total. The molecule has 4 aromatic rings. The highest BCUT2D eigenvalue weighted by Gasteiger charge is 2.20. The van der Waals surface area contributed by atoms with Gasteiger partial charge in [0.2, 0.25) is 5.95 Å². The molecular formula is C19H21N7. The molecule has 1 fully saturated rings. The van der Waals surface area contributed by atoms with Crippen molar-refractivity contribution in [1.82, 2.24) is 24.5 Å². The summed E-state index contributed by atoms with van der Waals surface area (Å²) < 4.78 is 2.08. The van der Waals surface area contributed by atoms with Crippen molar-refractivity contribution in [2.24, 2.45) is 5.73 Å². The van der Waals surface area contributed by atoms with Crippen molar-refractivity contribution in [3.05, 3.63) is 42.9 Å². The van der Waals surface area contributed by atoms with Crippen LogP contribution in [0.3, 0.4) is 0 Å². The van der Waals surface area contributed by atoms with E-state index in [1.165, 1.54) is 5.39 Å². The van der Waals surface area contributed by atoms with Crippen LogP contribution in [0.15, 0.2) is 42.9 Å². The van der Waals surface area contributed by atoms with E-state index in [1.807, 2.05) is 18.3 Å². The normalized spacial score (nSPS) is 20.7. The molecule has 0 bridgehead atoms. The molecule has 0 radical (unpaired) electrons. The summed E-state index contributed by atoms with van der Waals surface area (Å²) in [6.07, 6.45) is 7.87. The first-order valence-electron chi connectivity index (χ1n) is 9.07. The number of fused-ring (bicyclic) bond motifs is 2. The molecule has 3 heterocycles. The Kier molecular flexibility index (Phi) is 3.60. The van der Waals surface area contributed by atoms with Crippen LogP contribution < -0.4 is 11.1 Å². The maximum absolute atomic E-state index is 6.02. The number of aromatic amines is 1. The molecule has 0 spiro atoms. The van der Waals surface area contributed by atoms with Gasteiger partial charge in [-0.25, -0.2) is 4.98 Å². The zero-order chi connectivity index (χ0) is 17.5. The van der Waals surface area contributed by atoms with Gasteiger partial charge in [-0.05, 0) is 43.2 Å². The Morgan fingerprint density at radius 2 is 1.92 bits per heavy atom. The van der Waals surface area contributed by atoms with E-state index < -0.39 is 0 Å². The summed E-state index contributed by atoms with van der Waals surface area (Å²) in [4.78, 5) is 16.9. The maximum Gasteiger partial charge on any atom is 0.227 e. The summed E-state index contributed by atoms with van der Waals surface area (Å²) in [5.41, 5.74) is 8.63. The van der Waals surface area contributed by atoms with E-state index in [1.54, 1.807) is 6.33 Å². The molecule has 0 amide bonds. The second-order valence-corrected chi connectivity index (χ2v) is 6.97. The Morgan fingerprint density at radius 1 is 1.08 bits per heavy atom. The van der Waals surface area contributed by atoms with Crippen LogP contribution in [0.4, 0.5) is 5.95 Å². The summed E-state index contributed by atoms with van der Waals surface area (Å²) in [7, 11) is 0. The average Bonchev–Trinajstić information content (AvgIpc) is 3.30. The number of imidazole rings is 1. The predicted octanol–water partition coefficient (Wildman–Crippen LogP) is 2.98. The number of benzene rings is 1. The van der Waals surface area contributed by atoms with Gasteiger partial charge in [-0.15, -0.1) is 0 Å². The Bertz CT molecular complexity index is 1060. The molecule has 26 heavy (non-hydrogen) atoms. The molecule has 7 heteroatoms. The van der Waals surface area contributed by atoms with Gasteiger partial charge in [0, 0.05) is 18.3 Å². The van der Waals surface area contributed by atoms with Gasteiger partial charge in [0.1, 0.15) is 5.52 Å². The minimum atomic E-state index is 0.324. The highest BCUT2D eigenvalue weighted by molar-refractivity contribution is 5.86. The van der Waals surface area contributed by atoms with Crippen molar-refractivity contribution in [2.45, 2.75) is 37.8 Å². The topological polar surface area (TPSA) is 97.4 Å². The predicted molar refractivity (Wildman–Crippen MR) is 102 cm³/mol. The quantitative estimate of drug-likeness (QED) is 0.529. The van der Waals surface area contributed by atoms with Crippen molar-refractivity contribution in [2.75, 3.05) is 5.32 Å². The number of anilines is 1. The third kappa shape index (κ3) is 2.61. The molecule has 4 N–H and O–H groups in total. The van der Waals surface area contributed by atoms with Gasteiger partial charge >= 0.3 is 0 Å². The largest absolute Gasteiger partial charge is 0.351 e. The maximum atomic E-state index is 6.02. The van der Waals surface area contributed by atoms with Crippen LogP contribution in [0, 0.1) is 0 Å². The Labute approximate surface area is 150 Å². The standard InChI is InChI=1S/C19H21N7/c20-13-5-7-14(8-6-13)23-19-24-17-16(21-11-22-17)18(25-19)26-10-9-12-3-1-2-4-15(12)26/h1-4,9-11,13-14H,5-8,20H2,(H2,21,22,23,24,25). The van der Waals surface area contributed by atoms with E-state index in [0.717, 1.165) is 42.5 Å².